The van der Waals surface area contributed by atoms with Gasteiger partial charge in [0.2, 0.25) is 5.75 Å². The van der Waals surface area contributed by atoms with Crippen LogP contribution in [0.25, 0.3) is 0 Å². The second-order valence-corrected chi connectivity index (χ2v) is 7.15. The number of nitrogens with zero attached hydrogens (tertiary/aromatic N) is 1. The molecule has 2 N–H and O–H groups in total. The topological polar surface area (TPSA) is 120 Å². The average molecular weight is 470 g/mol. The summed E-state index contributed by atoms with van der Waals surface area (Å²) in [7, 11) is 1.39. The van der Waals surface area contributed by atoms with Crippen LogP contribution in [0.5, 0.6) is 17.2 Å². The molecular formula is C23H20ClN3O6. The Morgan fingerprint density at radius 1 is 0.879 bits per heavy atom. The smallest absolute Gasteiger partial charge is 0.313 e. The van der Waals surface area contributed by atoms with Gasteiger partial charge in [-0.1, -0.05) is 29.8 Å². The highest BCUT2D eigenvalue weighted by Crippen LogP contribution is 2.37. The molecular weight excluding hydrogens is 450 g/mol. The summed E-state index contributed by atoms with van der Waals surface area (Å²) in [5.74, 6) is -0.233. The highest BCUT2D eigenvalue weighted by Gasteiger charge is 2.19. The molecule has 0 heterocycles. The minimum absolute atomic E-state index is 0.0194. The van der Waals surface area contributed by atoms with Gasteiger partial charge < -0.3 is 20.1 Å². The summed E-state index contributed by atoms with van der Waals surface area (Å²) >= 11 is 5.83. The second-order valence-electron chi connectivity index (χ2n) is 6.71. The summed E-state index contributed by atoms with van der Waals surface area (Å²) in [6, 6.07) is 17.2. The fourth-order valence-corrected chi connectivity index (χ4v) is 3.04. The van der Waals surface area contributed by atoms with Crippen molar-refractivity contribution in [3.05, 3.63) is 93.0 Å². The summed E-state index contributed by atoms with van der Waals surface area (Å²) < 4.78 is 10.9. The fourth-order valence-electron chi connectivity index (χ4n) is 2.88. The molecule has 3 aromatic carbocycles. The van der Waals surface area contributed by atoms with E-state index >= 15 is 0 Å². The number of benzene rings is 3. The average Bonchev–Trinajstić information content (AvgIpc) is 2.83. The number of amides is 2. The normalized spacial score (nSPS) is 10.2. The van der Waals surface area contributed by atoms with Gasteiger partial charge >= 0.3 is 5.69 Å². The summed E-state index contributed by atoms with van der Waals surface area (Å²) in [6.45, 7) is 0.465. The molecule has 10 heteroatoms. The SMILES string of the molecule is COc1cc(C(=O)NCCNC(=O)c2ccccc2)ccc1Oc1ccc(Cl)cc1[N+](=O)[O-]. The predicted molar refractivity (Wildman–Crippen MR) is 122 cm³/mol. The molecule has 0 radical (unpaired) electrons. The number of rotatable bonds is 9. The molecule has 0 atom stereocenters. The molecule has 0 saturated carbocycles. The van der Waals surface area contributed by atoms with Crippen LogP contribution < -0.4 is 20.1 Å². The number of carbonyl (C=O) groups excluding carboxylic acids is 2. The number of nitro benzene ring substituents is 1. The first kappa shape index (κ1) is 23.6. The molecule has 0 aliphatic heterocycles. The molecule has 3 aromatic rings. The van der Waals surface area contributed by atoms with E-state index in [2.05, 4.69) is 10.6 Å². The molecule has 0 unspecified atom stereocenters. The second kappa shape index (κ2) is 11.0. The van der Waals surface area contributed by atoms with E-state index in [1.165, 1.54) is 43.5 Å². The Morgan fingerprint density at radius 3 is 2.15 bits per heavy atom. The van der Waals surface area contributed by atoms with Crippen LogP contribution in [-0.4, -0.2) is 36.9 Å². The molecule has 9 nitrogen and oxygen atoms in total. The van der Waals surface area contributed by atoms with Crippen molar-refractivity contribution in [3.63, 3.8) is 0 Å². The van der Waals surface area contributed by atoms with Crippen molar-refractivity contribution in [3.8, 4) is 17.2 Å². The van der Waals surface area contributed by atoms with E-state index < -0.39 is 4.92 Å². The Morgan fingerprint density at radius 2 is 1.52 bits per heavy atom. The number of ether oxygens (including phenoxy) is 2. The minimum atomic E-state index is -0.605. The molecule has 33 heavy (non-hydrogen) atoms. The standard InChI is InChI=1S/C23H20ClN3O6/c1-32-21-13-16(23(29)26-12-11-25-22(28)15-5-3-2-4-6-15)7-9-20(21)33-19-10-8-17(24)14-18(19)27(30)31/h2-10,13-14H,11-12H2,1H3,(H,25,28)(H,26,29). The maximum absolute atomic E-state index is 12.5. The van der Waals surface area contributed by atoms with Gasteiger partial charge in [0, 0.05) is 35.3 Å². The Balaban J connectivity index is 1.62. The van der Waals surface area contributed by atoms with E-state index in [0.717, 1.165) is 0 Å². The Labute approximate surface area is 194 Å². The highest BCUT2D eigenvalue weighted by atomic mass is 35.5. The summed E-state index contributed by atoms with van der Waals surface area (Å²) in [5, 5.41) is 16.9. The lowest BCUT2D eigenvalue weighted by atomic mass is 10.2. The van der Waals surface area contributed by atoms with Crippen LogP contribution in [0, 0.1) is 10.1 Å². The van der Waals surface area contributed by atoms with Crippen molar-refractivity contribution >= 4 is 29.1 Å². The lowest BCUT2D eigenvalue weighted by molar-refractivity contribution is -0.385. The first-order valence-corrected chi connectivity index (χ1v) is 10.2. The van der Waals surface area contributed by atoms with Crippen LogP contribution in [0.1, 0.15) is 20.7 Å². The molecule has 0 aromatic heterocycles. The zero-order chi connectivity index (χ0) is 23.8. The number of nitrogens with one attached hydrogen (secondary N) is 2. The minimum Gasteiger partial charge on any atom is -0.493 e. The lowest BCUT2D eigenvalue weighted by Crippen LogP contribution is -2.34. The first-order valence-electron chi connectivity index (χ1n) is 9.80. The molecule has 0 aliphatic rings. The van der Waals surface area contributed by atoms with Gasteiger partial charge in [-0.2, -0.15) is 0 Å². The number of methoxy groups -OCH3 is 1. The third kappa shape index (κ3) is 6.20. The highest BCUT2D eigenvalue weighted by molar-refractivity contribution is 6.30. The van der Waals surface area contributed by atoms with Gasteiger partial charge in [-0.25, -0.2) is 0 Å². The molecule has 0 saturated heterocycles. The third-order valence-corrected chi connectivity index (χ3v) is 4.73. The van der Waals surface area contributed by atoms with Crippen LogP contribution >= 0.6 is 11.6 Å². The molecule has 0 spiro atoms. The molecule has 170 valence electrons. The van der Waals surface area contributed by atoms with Crippen molar-refractivity contribution in [1.29, 1.82) is 0 Å². The molecule has 0 aliphatic carbocycles. The quantitative estimate of drug-likeness (QED) is 0.275. The predicted octanol–water partition coefficient (Wildman–Crippen LogP) is 4.21. The number of halogens is 1. The fraction of sp³-hybridized carbons (Fsp3) is 0.130. The van der Waals surface area contributed by atoms with Gasteiger partial charge in [-0.3, -0.25) is 19.7 Å². The van der Waals surface area contributed by atoms with Crippen LogP contribution in [0.2, 0.25) is 5.02 Å². The third-order valence-electron chi connectivity index (χ3n) is 4.50. The van der Waals surface area contributed by atoms with Crippen molar-refractivity contribution in [2.75, 3.05) is 20.2 Å². The van der Waals surface area contributed by atoms with E-state index in [1.54, 1.807) is 24.3 Å². The largest absolute Gasteiger partial charge is 0.493 e. The van der Waals surface area contributed by atoms with E-state index in [4.69, 9.17) is 21.1 Å². The lowest BCUT2D eigenvalue weighted by Gasteiger charge is -2.12. The Kier molecular flexibility index (Phi) is 7.82. The van der Waals surface area contributed by atoms with Crippen LogP contribution in [0.4, 0.5) is 5.69 Å². The summed E-state index contributed by atoms with van der Waals surface area (Å²) in [5.41, 5.74) is 0.521. The van der Waals surface area contributed by atoms with Gasteiger partial charge in [-0.15, -0.1) is 0 Å². The van der Waals surface area contributed by atoms with E-state index in [0.29, 0.717) is 11.1 Å². The number of hydrogen-bond donors (Lipinski definition) is 2. The summed E-state index contributed by atoms with van der Waals surface area (Å²) in [6.07, 6.45) is 0. The van der Waals surface area contributed by atoms with Crippen molar-refractivity contribution in [2.45, 2.75) is 0 Å². The van der Waals surface area contributed by atoms with Crippen molar-refractivity contribution in [2.24, 2.45) is 0 Å². The zero-order valence-corrected chi connectivity index (χ0v) is 18.3. The van der Waals surface area contributed by atoms with Gasteiger partial charge in [0.1, 0.15) is 0 Å². The van der Waals surface area contributed by atoms with E-state index in [-0.39, 0.29) is 52.9 Å². The summed E-state index contributed by atoms with van der Waals surface area (Å²) in [4.78, 5) is 35.1. The van der Waals surface area contributed by atoms with Gasteiger partial charge in [0.25, 0.3) is 11.8 Å². The Bertz CT molecular complexity index is 1170. The monoisotopic (exact) mass is 469 g/mol. The number of carbonyl (C=O) groups is 2. The Hall–Kier alpha value is -4.11. The zero-order valence-electron chi connectivity index (χ0n) is 17.5. The molecule has 3 rings (SSSR count). The molecule has 0 bridgehead atoms. The molecule has 2 amide bonds. The van der Waals surface area contributed by atoms with Gasteiger partial charge in [0.05, 0.1) is 12.0 Å². The van der Waals surface area contributed by atoms with Crippen molar-refractivity contribution in [1.82, 2.24) is 10.6 Å². The van der Waals surface area contributed by atoms with E-state index in [9.17, 15) is 19.7 Å². The van der Waals surface area contributed by atoms with Crippen LogP contribution in [-0.2, 0) is 0 Å². The van der Waals surface area contributed by atoms with Gasteiger partial charge in [0.15, 0.2) is 11.5 Å². The van der Waals surface area contributed by atoms with Gasteiger partial charge in [-0.05, 0) is 42.5 Å². The maximum Gasteiger partial charge on any atom is 0.313 e. The first-order chi connectivity index (χ1) is 15.9. The maximum atomic E-state index is 12.5. The number of hydrogen-bond acceptors (Lipinski definition) is 6. The number of nitro groups is 1. The van der Waals surface area contributed by atoms with Crippen LogP contribution in [0.15, 0.2) is 66.7 Å². The van der Waals surface area contributed by atoms with E-state index in [1.807, 2.05) is 6.07 Å². The molecule has 0 fully saturated rings. The van der Waals surface area contributed by atoms with Crippen LogP contribution in [0.3, 0.4) is 0 Å². The van der Waals surface area contributed by atoms with Crippen molar-refractivity contribution < 1.29 is 24.0 Å².